The van der Waals surface area contributed by atoms with E-state index in [4.69, 9.17) is 0 Å². The molecule has 146 valence electrons. The minimum absolute atomic E-state index is 1.16. The second-order valence-electron chi connectivity index (χ2n) is 5.87. The Balaban J connectivity index is 0.000000321. The maximum atomic E-state index is 9.87. The van der Waals surface area contributed by atoms with Crippen LogP contribution < -0.4 is 0 Å². The van der Waals surface area contributed by atoms with Crippen LogP contribution in [0.2, 0.25) is 0 Å². The Hall–Kier alpha value is -1.98. The van der Waals surface area contributed by atoms with Crippen LogP contribution in [0, 0.1) is 6.92 Å². The summed E-state index contributed by atoms with van der Waals surface area (Å²) < 4.78 is 59.2. The quantitative estimate of drug-likeness (QED) is 0.222. The molecule has 0 bridgehead atoms. The van der Waals surface area contributed by atoms with Crippen LogP contribution in [-0.2, 0) is 12.6 Å². The van der Waals surface area contributed by atoms with Crippen LogP contribution in [-0.4, -0.2) is 0 Å². The van der Waals surface area contributed by atoms with Gasteiger partial charge in [-0.2, -0.15) is 0 Å². The molecule has 0 unspecified atom stereocenters. The fourth-order valence-corrected chi connectivity index (χ4v) is 2.83. The molecule has 0 fully saturated rings. The molecule has 0 atom stereocenters. The van der Waals surface area contributed by atoms with E-state index in [1.165, 1.54) is 27.8 Å². The fourth-order valence-electron chi connectivity index (χ4n) is 2.47. The molecule has 0 saturated carbocycles. The maximum absolute atomic E-state index is 10.7. The van der Waals surface area contributed by atoms with E-state index in [9.17, 15) is 25.2 Å². The van der Waals surface area contributed by atoms with Crippen molar-refractivity contribution in [1.29, 1.82) is 0 Å². The van der Waals surface area contributed by atoms with Gasteiger partial charge < -0.3 is 0 Å². The van der Waals surface area contributed by atoms with Crippen molar-refractivity contribution in [3.63, 3.8) is 0 Å². The van der Waals surface area contributed by atoms with Crippen molar-refractivity contribution in [3.05, 3.63) is 78.4 Å². The molecule has 0 saturated heterocycles. The van der Waals surface area contributed by atoms with Gasteiger partial charge in [-0.15, -0.1) is 0 Å². The van der Waals surface area contributed by atoms with E-state index in [0.717, 1.165) is 4.90 Å². The van der Waals surface area contributed by atoms with Crippen LogP contribution in [0.5, 0.6) is 0 Å². The normalized spacial score (nSPS) is 13.8. The third-order valence-electron chi connectivity index (χ3n) is 3.56. The molecular weight excluding hydrogens is 405 g/mol. The van der Waals surface area contributed by atoms with Gasteiger partial charge in [0.1, 0.15) is 0 Å². The van der Waals surface area contributed by atoms with E-state index in [1.807, 2.05) is 0 Å². The van der Waals surface area contributed by atoms with Gasteiger partial charge in [0.15, 0.2) is 4.90 Å². The molecule has 27 heavy (non-hydrogen) atoms. The molecule has 0 nitrogen and oxygen atoms in total. The van der Waals surface area contributed by atoms with E-state index in [2.05, 4.69) is 92.3 Å². The number of halogens is 6. The van der Waals surface area contributed by atoms with E-state index < -0.39 is 7.81 Å². The molecule has 8 heteroatoms. The standard InChI is InChI=1S/C19H16S.F6P/c1-14-12-13-17(15-8-4-2-5-9-15)18(19(14)20)16-10-6-3-7-11-16;1-7(2,3,4,5)6/h2-13,20H,1H3;/q;-1/p+1. The van der Waals surface area contributed by atoms with Crippen LogP contribution in [0.25, 0.3) is 22.3 Å². The Morgan fingerprint density at radius 2 is 1.04 bits per heavy atom. The number of hydrogen-bond donors (Lipinski definition) is 0. The molecule has 0 aliphatic carbocycles. The molecular formula is C19H17F6PS. The molecule has 0 heterocycles. The first-order valence-electron chi connectivity index (χ1n) is 7.75. The van der Waals surface area contributed by atoms with Crippen LogP contribution in [0.4, 0.5) is 25.2 Å². The monoisotopic (exact) mass is 422 g/mol. The summed E-state index contributed by atoms with van der Waals surface area (Å²) in [6, 6.07) is 25.4. The third-order valence-corrected chi connectivity index (χ3v) is 4.21. The Labute approximate surface area is 158 Å². The van der Waals surface area contributed by atoms with Crippen LogP contribution >= 0.6 is 7.81 Å². The molecule has 0 aliphatic rings. The van der Waals surface area contributed by atoms with Crippen molar-refractivity contribution in [3.8, 4) is 22.3 Å². The van der Waals surface area contributed by atoms with Crippen molar-refractivity contribution in [2.75, 3.05) is 0 Å². The van der Waals surface area contributed by atoms with Gasteiger partial charge in [-0.3, -0.25) is 0 Å². The van der Waals surface area contributed by atoms with Crippen molar-refractivity contribution >= 4 is 20.4 Å². The first-order valence-corrected chi connectivity index (χ1v) is 10.3. The fraction of sp³-hybridized carbons (Fsp3) is 0.0526. The van der Waals surface area contributed by atoms with Gasteiger partial charge in [0, 0.05) is 11.1 Å². The van der Waals surface area contributed by atoms with E-state index in [0.29, 0.717) is 0 Å². The first kappa shape index (κ1) is 21.3. The topological polar surface area (TPSA) is 0 Å². The number of aryl methyl sites for hydroxylation is 1. The van der Waals surface area contributed by atoms with Gasteiger partial charge in [0.25, 0.3) is 0 Å². The molecule has 0 amide bonds. The number of rotatable bonds is 2. The summed E-state index contributed by atoms with van der Waals surface area (Å²) in [7, 11) is -10.7. The van der Waals surface area contributed by atoms with Gasteiger partial charge in [-0.1, -0.05) is 72.8 Å². The summed E-state index contributed by atoms with van der Waals surface area (Å²) in [6.07, 6.45) is 0. The van der Waals surface area contributed by atoms with Crippen molar-refractivity contribution in [1.82, 2.24) is 0 Å². The predicted molar refractivity (Wildman–Crippen MR) is 104 cm³/mol. The van der Waals surface area contributed by atoms with E-state index in [1.54, 1.807) is 0 Å². The summed E-state index contributed by atoms with van der Waals surface area (Å²) in [5.74, 6) is 0. The Morgan fingerprint density at radius 1 is 0.630 bits per heavy atom. The molecule has 0 radical (unpaired) electrons. The van der Waals surface area contributed by atoms with Crippen LogP contribution in [0.3, 0.4) is 0 Å². The average molecular weight is 422 g/mol. The SMILES string of the molecule is Cc1ccc(-c2ccccc2)c(-c2ccccc2)c1[SH2+].F[P-](F)(F)(F)(F)F. The molecule has 0 aromatic heterocycles. The summed E-state index contributed by atoms with van der Waals surface area (Å²) in [5, 5.41) is 0. The van der Waals surface area contributed by atoms with Gasteiger partial charge in [-0.05, 0) is 36.2 Å². The summed E-state index contributed by atoms with van der Waals surface area (Å²) in [4.78, 5) is 1.16. The Kier molecular flexibility index (Phi) is 5.43. The zero-order valence-corrected chi connectivity index (χ0v) is 16.0. The van der Waals surface area contributed by atoms with Crippen molar-refractivity contribution < 1.29 is 25.2 Å². The summed E-state index contributed by atoms with van der Waals surface area (Å²) in [6.45, 7) is 2.13. The minimum atomic E-state index is -10.7. The number of hydrogen-bond acceptors (Lipinski definition) is 0. The molecule has 0 N–H and O–H groups in total. The van der Waals surface area contributed by atoms with Crippen molar-refractivity contribution in [2.24, 2.45) is 0 Å². The first-order chi connectivity index (χ1) is 12.2. The molecule has 0 spiro atoms. The van der Waals surface area contributed by atoms with Crippen LogP contribution in [0.15, 0.2) is 77.7 Å². The predicted octanol–water partition coefficient (Wildman–Crippen LogP) is 8.08. The zero-order chi connectivity index (χ0) is 20.4. The molecule has 0 aliphatic heterocycles. The van der Waals surface area contributed by atoms with Gasteiger partial charge >= 0.3 is 33.0 Å². The van der Waals surface area contributed by atoms with Gasteiger partial charge in [0.05, 0.1) is 0 Å². The third kappa shape index (κ3) is 7.65. The number of benzene rings is 3. The zero-order valence-electron chi connectivity index (χ0n) is 14.1. The van der Waals surface area contributed by atoms with Gasteiger partial charge in [0.2, 0.25) is 0 Å². The average Bonchev–Trinajstić information content (AvgIpc) is 2.56. The van der Waals surface area contributed by atoms with Gasteiger partial charge in [-0.25, -0.2) is 0 Å². The molecule has 3 rings (SSSR count). The molecule has 3 aromatic rings. The van der Waals surface area contributed by atoms with Crippen LogP contribution in [0.1, 0.15) is 5.56 Å². The molecule has 3 aromatic carbocycles. The summed E-state index contributed by atoms with van der Waals surface area (Å²) >= 11 is 3.82. The Bertz CT molecular complexity index is 912. The Morgan fingerprint density at radius 3 is 1.48 bits per heavy atom. The second kappa shape index (κ2) is 6.88. The summed E-state index contributed by atoms with van der Waals surface area (Å²) in [5.41, 5.74) is 6.24. The second-order valence-corrected chi connectivity index (χ2v) is 8.29. The van der Waals surface area contributed by atoms with E-state index in [-0.39, 0.29) is 0 Å². The van der Waals surface area contributed by atoms with E-state index >= 15 is 0 Å². The van der Waals surface area contributed by atoms with Crippen molar-refractivity contribution in [2.45, 2.75) is 11.8 Å².